The van der Waals surface area contributed by atoms with E-state index in [9.17, 15) is 4.79 Å². The van der Waals surface area contributed by atoms with E-state index in [4.69, 9.17) is 0 Å². The molecule has 1 aliphatic rings. The van der Waals surface area contributed by atoms with Gasteiger partial charge in [0, 0.05) is 18.0 Å². The number of aromatic amines is 1. The lowest BCUT2D eigenvalue weighted by Crippen LogP contribution is -2.48. The molecule has 18 heavy (non-hydrogen) atoms. The van der Waals surface area contributed by atoms with Crippen LogP contribution in [0.15, 0.2) is 0 Å². The molecule has 0 aromatic carbocycles. The minimum Gasteiger partial charge on any atom is -0.347 e. The van der Waals surface area contributed by atoms with Crippen LogP contribution in [0.3, 0.4) is 0 Å². The van der Waals surface area contributed by atoms with E-state index < -0.39 is 0 Å². The summed E-state index contributed by atoms with van der Waals surface area (Å²) in [6.45, 7) is 4.70. The zero-order chi connectivity index (χ0) is 13.3. The van der Waals surface area contributed by atoms with Crippen molar-refractivity contribution < 1.29 is 4.79 Å². The molecular weight excluding hydrogens is 230 g/mol. The molecule has 0 unspecified atom stereocenters. The van der Waals surface area contributed by atoms with Gasteiger partial charge in [0.2, 0.25) is 5.82 Å². The van der Waals surface area contributed by atoms with Crippen molar-refractivity contribution in [3.8, 4) is 0 Å². The SMILES string of the molecule is CN(C)C(C)(C)CNC(=O)c1n[nH]c(C2CC2)n1. The predicted octanol–water partition coefficient (Wildman–Crippen LogP) is 0.752. The highest BCUT2D eigenvalue weighted by atomic mass is 16.2. The monoisotopic (exact) mass is 251 g/mol. The van der Waals surface area contributed by atoms with E-state index in [1.807, 2.05) is 14.1 Å². The first-order valence-electron chi connectivity index (χ1n) is 6.28. The largest absolute Gasteiger partial charge is 0.347 e. The summed E-state index contributed by atoms with van der Waals surface area (Å²) in [5, 5.41) is 9.66. The summed E-state index contributed by atoms with van der Waals surface area (Å²) in [5.74, 6) is 1.35. The summed E-state index contributed by atoms with van der Waals surface area (Å²) in [7, 11) is 3.98. The Morgan fingerprint density at radius 2 is 2.17 bits per heavy atom. The van der Waals surface area contributed by atoms with Crippen LogP contribution in [0, 0.1) is 0 Å². The lowest BCUT2D eigenvalue weighted by atomic mass is 10.0. The van der Waals surface area contributed by atoms with Gasteiger partial charge in [-0.25, -0.2) is 4.98 Å². The molecule has 0 bridgehead atoms. The van der Waals surface area contributed by atoms with Crippen LogP contribution in [0.25, 0.3) is 0 Å². The first-order chi connectivity index (χ1) is 8.40. The fourth-order valence-corrected chi connectivity index (χ4v) is 1.45. The van der Waals surface area contributed by atoms with E-state index in [-0.39, 0.29) is 17.3 Å². The van der Waals surface area contributed by atoms with Gasteiger partial charge in [-0.05, 0) is 40.8 Å². The Balaban J connectivity index is 1.90. The van der Waals surface area contributed by atoms with E-state index in [1.165, 1.54) is 0 Å². The van der Waals surface area contributed by atoms with Crippen LogP contribution in [0.1, 0.15) is 49.1 Å². The Hall–Kier alpha value is -1.43. The van der Waals surface area contributed by atoms with Gasteiger partial charge in [0.25, 0.3) is 5.91 Å². The van der Waals surface area contributed by atoms with Crippen molar-refractivity contribution >= 4 is 5.91 Å². The number of hydrogen-bond donors (Lipinski definition) is 2. The molecule has 100 valence electrons. The van der Waals surface area contributed by atoms with E-state index in [2.05, 4.69) is 39.2 Å². The Morgan fingerprint density at radius 3 is 2.72 bits per heavy atom. The van der Waals surface area contributed by atoms with E-state index in [0.29, 0.717) is 12.5 Å². The maximum Gasteiger partial charge on any atom is 0.291 e. The Bertz CT molecular complexity index is 433. The summed E-state index contributed by atoms with van der Waals surface area (Å²) in [6, 6.07) is 0. The maximum atomic E-state index is 11.9. The molecule has 6 heteroatoms. The van der Waals surface area contributed by atoms with Crippen LogP contribution in [-0.4, -0.2) is 52.2 Å². The highest BCUT2D eigenvalue weighted by molar-refractivity contribution is 5.90. The second-order valence-corrected chi connectivity index (χ2v) is 5.71. The number of carbonyl (C=O) groups is 1. The lowest BCUT2D eigenvalue weighted by molar-refractivity contribution is 0.0909. The summed E-state index contributed by atoms with van der Waals surface area (Å²) < 4.78 is 0. The van der Waals surface area contributed by atoms with Crippen molar-refractivity contribution in [2.75, 3.05) is 20.6 Å². The third kappa shape index (κ3) is 2.87. The van der Waals surface area contributed by atoms with Gasteiger partial charge in [0.15, 0.2) is 0 Å². The molecule has 0 atom stereocenters. The molecule has 0 radical (unpaired) electrons. The van der Waals surface area contributed by atoms with Crippen LogP contribution in [-0.2, 0) is 0 Å². The molecule has 1 aromatic heterocycles. The van der Waals surface area contributed by atoms with Gasteiger partial charge in [0.1, 0.15) is 5.82 Å². The van der Waals surface area contributed by atoms with Crippen molar-refractivity contribution in [3.05, 3.63) is 11.6 Å². The van der Waals surface area contributed by atoms with Crippen molar-refractivity contribution in [1.29, 1.82) is 0 Å². The number of rotatable bonds is 5. The molecule has 0 aliphatic heterocycles. The number of H-pyrrole nitrogens is 1. The number of likely N-dealkylation sites (N-methyl/N-ethyl adjacent to an activating group) is 1. The summed E-state index contributed by atoms with van der Waals surface area (Å²) in [6.07, 6.45) is 2.29. The molecule has 2 N–H and O–H groups in total. The minimum atomic E-state index is -0.215. The zero-order valence-electron chi connectivity index (χ0n) is 11.4. The maximum absolute atomic E-state index is 11.9. The molecule has 6 nitrogen and oxygen atoms in total. The fourth-order valence-electron chi connectivity index (χ4n) is 1.45. The summed E-state index contributed by atoms with van der Waals surface area (Å²) in [4.78, 5) is 18.2. The Kier molecular flexibility index (Phi) is 3.38. The number of nitrogens with one attached hydrogen (secondary N) is 2. The average Bonchev–Trinajstić information content (AvgIpc) is 3.04. The van der Waals surface area contributed by atoms with Crippen LogP contribution in [0.5, 0.6) is 0 Å². The van der Waals surface area contributed by atoms with Crippen LogP contribution < -0.4 is 5.32 Å². The Labute approximate surface area is 107 Å². The Morgan fingerprint density at radius 1 is 1.50 bits per heavy atom. The quantitative estimate of drug-likeness (QED) is 0.810. The summed E-state index contributed by atoms with van der Waals surface area (Å²) in [5.41, 5.74) is -0.0920. The third-order valence-electron chi connectivity index (χ3n) is 3.56. The van der Waals surface area contributed by atoms with Gasteiger partial charge in [-0.2, -0.15) is 0 Å². The fraction of sp³-hybridized carbons (Fsp3) is 0.750. The van der Waals surface area contributed by atoms with E-state index in [1.54, 1.807) is 0 Å². The lowest BCUT2D eigenvalue weighted by Gasteiger charge is -2.32. The van der Waals surface area contributed by atoms with Crippen LogP contribution >= 0.6 is 0 Å². The van der Waals surface area contributed by atoms with Crippen LogP contribution in [0.4, 0.5) is 0 Å². The smallest absolute Gasteiger partial charge is 0.291 e. The van der Waals surface area contributed by atoms with Gasteiger partial charge < -0.3 is 10.2 Å². The van der Waals surface area contributed by atoms with Crippen molar-refractivity contribution in [1.82, 2.24) is 25.4 Å². The molecule has 1 aliphatic carbocycles. The molecule has 0 saturated heterocycles. The highest BCUT2D eigenvalue weighted by Crippen LogP contribution is 2.37. The number of nitrogens with zero attached hydrogens (tertiary/aromatic N) is 3. The van der Waals surface area contributed by atoms with Gasteiger partial charge >= 0.3 is 0 Å². The molecular formula is C12H21N5O. The first kappa shape index (κ1) is 13.0. The molecule has 1 saturated carbocycles. The average molecular weight is 251 g/mol. The van der Waals surface area contributed by atoms with Crippen LogP contribution in [0.2, 0.25) is 0 Å². The second-order valence-electron chi connectivity index (χ2n) is 5.71. The number of carbonyl (C=O) groups excluding carboxylic acids is 1. The molecule has 2 rings (SSSR count). The zero-order valence-corrected chi connectivity index (χ0v) is 11.4. The van der Waals surface area contributed by atoms with Crippen molar-refractivity contribution in [2.45, 2.75) is 38.1 Å². The number of amides is 1. The topological polar surface area (TPSA) is 73.9 Å². The molecule has 1 fully saturated rings. The molecule has 1 heterocycles. The summed E-state index contributed by atoms with van der Waals surface area (Å²) >= 11 is 0. The van der Waals surface area contributed by atoms with Crippen molar-refractivity contribution in [2.24, 2.45) is 0 Å². The van der Waals surface area contributed by atoms with Gasteiger partial charge in [0.05, 0.1) is 0 Å². The van der Waals surface area contributed by atoms with Gasteiger partial charge in [-0.1, -0.05) is 0 Å². The molecule has 1 aromatic rings. The van der Waals surface area contributed by atoms with Crippen molar-refractivity contribution in [3.63, 3.8) is 0 Å². The van der Waals surface area contributed by atoms with Gasteiger partial charge in [-0.3, -0.25) is 9.89 Å². The van der Waals surface area contributed by atoms with E-state index >= 15 is 0 Å². The third-order valence-corrected chi connectivity index (χ3v) is 3.56. The molecule has 1 amide bonds. The minimum absolute atomic E-state index is 0.0920. The van der Waals surface area contributed by atoms with E-state index in [0.717, 1.165) is 18.7 Å². The molecule has 0 spiro atoms. The number of hydrogen-bond acceptors (Lipinski definition) is 4. The first-order valence-corrected chi connectivity index (χ1v) is 6.28. The normalized spacial score (nSPS) is 16.1. The second kappa shape index (κ2) is 4.68. The van der Waals surface area contributed by atoms with Gasteiger partial charge in [-0.15, -0.1) is 5.10 Å². The highest BCUT2D eigenvalue weighted by Gasteiger charge is 2.28. The predicted molar refractivity (Wildman–Crippen MR) is 68.5 cm³/mol. The standard InChI is InChI=1S/C12H21N5O/c1-12(2,17(3)4)7-13-11(18)10-14-9(15-16-10)8-5-6-8/h8H,5-7H2,1-4H3,(H,13,18)(H,14,15,16). The number of aromatic nitrogens is 3.